The lowest BCUT2D eigenvalue weighted by atomic mass is 10.2. The number of hydrogen-bond donors (Lipinski definition) is 2. The average molecular weight is 384 g/mol. The highest BCUT2D eigenvalue weighted by molar-refractivity contribution is 5.85. The lowest BCUT2D eigenvalue weighted by Crippen LogP contribution is -2.37. The van der Waals surface area contributed by atoms with Gasteiger partial charge in [0, 0.05) is 26.2 Å². The molecule has 146 valence electrons. The van der Waals surface area contributed by atoms with E-state index in [-0.39, 0.29) is 29.4 Å². The van der Waals surface area contributed by atoms with Crippen molar-refractivity contribution in [2.75, 3.05) is 12.5 Å². The first-order valence-electron chi connectivity index (χ1n) is 8.32. The van der Waals surface area contributed by atoms with Crippen LogP contribution in [-0.4, -0.2) is 37.1 Å². The fourth-order valence-corrected chi connectivity index (χ4v) is 2.81. The molecule has 0 radical (unpaired) electrons. The Hall–Kier alpha value is -3.82. The molecule has 0 aliphatic rings. The van der Waals surface area contributed by atoms with Gasteiger partial charge in [0.25, 0.3) is 5.56 Å². The highest BCUT2D eigenvalue weighted by Crippen LogP contribution is 2.28. The van der Waals surface area contributed by atoms with E-state index in [0.717, 1.165) is 4.57 Å². The van der Waals surface area contributed by atoms with Gasteiger partial charge in [0.2, 0.25) is 5.95 Å². The number of nitrogens with zero attached hydrogens (tertiary/aromatic N) is 5. The molecule has 10 heteroatoms. The summed E-state index contributed by atoms with van der Waals surface area (Å²) in [5, 5.41) is 14.2. The van der Waals surface area contributed by atoms with Crippen molar-refractivity contribution in [2.45, 2.75) is 6.54 Å². The molecular formula is C18H20N6O4. The van der Waals surface area contributed by atoms with Crippen LogP contribution >= 0.6 is 0 Å². The molecule has 0 unspecified atom stereocenters. The molecule has 3 rings (SSSR count). The highest BCUT2D eigenvalue weighted by Gasteiger charge is 2.18. The van der Waals surface area contributed by atoms with Crippen LogP contribution in [0.15, 0.2) is 45.5 Å². The summed E-state index contributed by atoms with van der Waals surface area (Å²) in [6.45, 7) is 3.98. The molecule has 28 heavy (non-hydrogen) atoms. The van der Waals surface area contributed by atoms with E-state index in [1.165, 1.54) is 32.0 Å². The van der Waals surface area contributed by atoms with Crippen LogP contribution in [0.25, 0.3) is 11.2 Å². The number of nitrogens with one attached hydrogen (secondary N) is 1. The lowest BCUT2D eigenvalue weighted by Gasteiger charge is -2.07. The topological polar surface area (TPSA) is 116 Å². The lowest BCUT2D eigenvalue weighted by molar-refractivity contribution is 0.373. The van der Waals surface area contributed by atoms with Crippen LogP contribution in [0, 0.1) is 0 Å². The summed E-state index contributed by atoms with van der Waals surface area (Å²) in [5.74, 6) is 0.527. The van der Waals surface area contributed by atoms with E-state index < -0.39 is 11.2 Å². The molecule has 1 aromatic carbocycles. The number of anilines is 1. The molecule has 0 saturated heterocycles. The van der Waals surface area contributed by atoms with Crippen molar-refractivity contribution < 1.29 is 9.84 Å². The zero-order valence-electron chi connectivity index (χ0n) is 15.7. The van der Waals surface area contributed by atoms with E-state index in [1.54, 1.807) is 28.8 Å². The molecule has 2 aromatic heterocycles. The van der Waals surface area contributed by atoms with E-state index in [1.807, 2.05) is 0 Å². The molecule has 2 N–H and O–H groups in total. The van der Waals surface area contributed by atoms with E-state index in [2.05, 4.69) is 22.1 Å². The van der Waals surface area contributed by atoms with Gasteiger partial charge in [-0.2, -0.15) is 10.1 Å². The van der Waals surface area contributed by atoms with Gasteiger partial charge in [-0.1, -0.05) is 12.1 Å². The van der Waals surface area contributed by atoms with Crippen LogP contribution in [0.5, 0.6) is 11.5 Å². The van der Waals surface area contributed by atoms with Crippen molar-refractivity contribution >= 4 is 23.3 Å². The Labute approximate surface area is 159 Å². The number of phenolic OH excluding ortho intramolecular Hbond substituents is 1. The van der Waals surface area contributed by atoms with Gasteiger partial charge < -0.3 is 9.84 Å². The van der Waals surface area contributed by atoms with Crippen LogP contribution in [0.4, 0.5) is 5.95 Å². The van der Waals surface area contributed by atoms with Crippen molar-refractivity contribution in [3.63, 3.8) is 0 Å². The number of imidazole rings is 1. The molecular weight excluding hydrogens is 364 g/mol. The molecule has 0 amide bonds. The number of allylic oxidation sites excluding steroid dienone is 1. The van der Waals surface area contributed by atoms with Crippen molar-refractivity contribution in [1.29, 1.82) is 0 Å². The predicted molar refractivity (Wildman–Crippen MR) is 106 cm³/mol. The summed E-state index contributed by atoms with van der Waals surface area (Å²) in [6.07, 6.45) is 3.00. The molecule has 3 aromatic rings. The second-order valence-corrected chi connectivity index (χ2v) is 5.98. The quantitative estimate of drug-likeness (QED) is 0.369. The Balaban J connectivity index is 2.06. The van der Waals surface area contributed by atoms with E-state index in [4.69, 9.17) is 4.74 Å². The smallest absolute Gasteiger partial charge is 0.332 e. The fraction of sp³-hybridized carbons (Fsp3) is 0.222. The normalized spacial score (nSPS) is 11.2. The minimum absolute atomic E-state index is 0.0496. The second-order valence-electron chi connectivity index (χ2n) is 5.98. The van der Waals surface area contributed by atoms with Crippen molar-refractivity contribution in [3.05, 3.63) is 57.3 Å². The van der Waals surface area contributed by atoms with E-state index in [0.29, 0.717) is 11.3 Å². The van der Waals surface area contributed by atoms with E-state index in [9.17, 15) is 14.7 Å². The maximum Gasteiger partial charge on any atom is 0.332 e. The Morgan fingerprint density at radius 3 is 2.75 bits per heavy atom. The van der Waals surface area contributed by atoms with Crippen molar-refractivity contribution in [2.24, 2.45) is 19.2 Å². The number of rotatable bonds is 6. The minimum Gasteiger partial charge on any atom is -0.504 e. The molecule has 0 aliphatic heterocycles. The zero-order chi connectivity index (χ0) is 20.4. The summed E-state index contributed by atoms with van der Waals surface area (Å²) in [5.41, 5.74) is 2.74. The number of ether oxygens (including phenoxy) is 1. The molecule has 0 aliphatic carbocycles. The first kappa shape index (κ1) is 19.0. The molecule has 0 atom stereocenters. The molecule has 0 bridgehead atoms. The first-order chi connectivity index (χ1) is 13.4. The average Bonchev–Trinajstić information content (AvgIpc) is 3.05. The van der Waals surface area contributed by atoms with Crippen LogP contribution < -0.4 is 21.4 Å². The second kappa shape index (κ2) is 7.43. The largest absolute Gasteiger partial charge is 0.504 e. The van der Waals surface area contributed by atoms with E-state index >= 15 is 0 Å². The van der Waals surface area contributed by atoms with Gasteiger partial charge in [0.15, 0.2) is 22.7 Å². The predicted octanol–water partition coefficient (Wildman–Crippen LogP) is 0.780. The van der Waals surface area contributed by atoms with Gasteiger partial charge in [0.05, 0.1) is 13.3 Å². The molecule has 0 spiro atoms. The maximum atomic E-state index is 12.6. The SMILES string of the molecule is C=CCn1c(N/N=C/c2cccc(OC)c2O)nc2c1c(=O)n(C)c(=O)n2C. The molecule has 0 fully saturated rings. The molecule has 10 nitrogen and oxygen atoms in total. The van der Waals surface area contributed by atoms with Crippen molar-refractivity contribution in [1.82, 2.24) is 18.7 Å². The number of fused-ring (bicyclic) bond motifs is 1. The number of phenols is 1. The van der Waals surface area contributed by atoms with Gasteiger partial charge >= 0.3 is 5.69 Å². The number of hydrogen-bond acceptors (Lipinski definition) is 7. The maximum absolute atomic E-state index is 12.6. The van der Waals surface area contributed by atoms with Crippen LogP contribution in [0.1, 0.15) is 5.56 Å². The fourth-order valence-electron chi connectivity index (χ4n) is 2.81. The third-order valence-corrected chi connectivity index (χ3v) is 4.28. The number of methoxy groups -OCH3 is 1. The molecule has 0 saturated carbocycles. The Morgan fingerprint density at radius 2 is 2.07 bits per heavy atom. The third kappa shape index (κ3) is 3.04. The minimum atomic E-state index is -0.475. The summed E-state index contributed by atoms with van der Waals surface area (Å²) in [4.78, 5) is 29.0. The third-order valence-electron chi connectivity index (χ3n) is 4.28. The number of aryl methyl sites for hydroxylation is 1. The Kier molecular flexibility index (Phi) is 5.03. The van der Waals surface area contributed by atoms with Crippen LogP contribution in [0.2, 0.25) is 0 Å². The standard InChI is InChI=1S/C18H20N6O4/c1-5-9-24-13-15(22(2)18(27)23(3)16(13)26)20-17(24)21-19-10-11-7-6-8-12(28-4)14(11)25/h5-8,10,25H,1,9H2,2-4H3,(H,20,21)/b19-10+. The summed E-state index contributed by atoms with van der Waals surface area (Å²) in [7, 11) is 4.40. The summed E-state index contributed by atoms with van der Waals surface area (Å²) >= 11 is 0. The highest BCUT2D eigenvalue weighted by atomic mass is 16.5. The summed E-state index contributed by atoms with van der Waals surface area (Å²) < 4.78 is 8.95. The Morgan fingerprint density at radius 1 is 1.32 bits per heavy atom. The monoisotopic (exact) mass is 384 g/mol. The number of hydrazone groups is 1. The van der Waals surface area contributed by atoms with Gasteiger partial charge in [-0.3, -0.25) is 18.5 Å². The zero-order valence-corrected chi connectivity index (χ0v) is 15.7. The molecule has 2 heterocycles. The van der Waals surface area contributed by atoms with Crippen LogP contribution in [-0.2, 0) is 20.6 Å². The van der Waals surface area contributed by atoms with Gasteiger partial charge in [-0.25, -0.2) is 10.2 Å². The van der Waals surface area contributed by atoms with Crippen LogP contribution in [0.3, 0.4) is 0 Å². The number of benzene rings is 1. The first-order valence-corrected chi connectivity index (χ1v) is 8.32. The number of aromatic nitrogens is 4. The van der Waals surface area contributed by atoms with Crippen molar-refractivity contribution in [3.8, 4) is 11.5 Å². The van der Waals surface area contributed by atoms with Gasteiger partial charge in [-0.05, 0) is 12.1 Å². The van der Waals surface area contributed by atoms with Gasteiger partial charge in [-0.15, -0.1) is 6.58 Å². The summed E-state index contributed by atoms with van der Waals surface area (Å²) in [6, 6.07) is 5.00. The number of para-hydroxylation sites is 1. The number of aromatic hydroxyl groups is 1. The Bertz CT molecular complexity index is 1200. The van der Waals surface area contributed by atoms with Gasteiger partial charge in [0.1, 0.15) is 0 Å².